The number of nitrogens with one attached hydrogen (secondary N) is 1. The van der Waals surface area contributed by atoms with Crippen LogP contribution in [0, 0.1) is 12.8 Å². The summed E-state index contributed by atoms with van der Waals surface area (Å²) in [6.45, 7) is 6.72. The lowest BCUT2D eigenvalue weighted by Gasteiger charge is -2.24. The van der Waals surface area contributed by atoms with E-state index < -0.39 is 0 Å². The highest BCUT2D eigenvalue weighted by Gasteiger charge is 2.33. The molecule has 0 aromatic heterocycles. The normalized spacial score (nSPS) is 28.3. The van der Waals surface area contributed by atoms with Crippen LogP contribution in [-0.2, 0) is 6.54 Å². The molecular formula is C15H21ClN2. The molecule has 1 N–H and O–H groups in total. The van der Waals surface area contributed by atoms with Crippen LogP contribution in [0.15, 0.2) is 18.2 Å². The first-order valence-electron chi connectivity index (χ1n) is 6.93. The maximum Gasteiger partial charge on any atom is 0.0438 e. The Balaban J connectivity index is 1.64. The van der Waals surface area contributed by atoms with Crippen LogP contribution in [-0.4, -0.2) is 30.6 Å². The van der Waals surface area contributed by atoms with Crippen molar-refractivity contribution in [2.24, 2.45) is 5.92 Å². The summed E-state index contributed by atoms with van der Waals surface area (Å²) in [6.07, 6.45) is 2.73. The standard InChI is InChI=1S/C15H21ClN2/c1-11-4-5-12(7-14(11)16)8-18-9-13-3-2-6-17-15(13)10-18/h4-5,7,13,15,17H,2-3,6,8-10H2,1H3. The third-order valence-corrected chi connectivity index (χ3v) is 4.72. The van der Waals surface area contributed by atoms with Crippen LogP contribution in [0.4, 0.5) is 0 Å². The number of piperidine rings is 1. The molecule has 2 saturated heterocycles. The number of fused-ring (bicyclic) bond motifs is 1. The quantitative estimate of drug-likeness (QED) is 0.884. The Morgan fingerprint density at radius 3 is 3.06 bits per heavy atom. The molecule has 2 nitrogen and oxygen atoms in total. The van der Waals surface area contributed by atoms with Gasteiger partial charge in [-0.1, -0.05) is 23.7 Å². The molecule has 0 saturated carbocycles. The topological polar surface area (TPSA) is 15.3 Å². The molecule has 0 spiro atoms. The van der Waals surface area contributed by atoms with Gasteiger partial charge in [-0.2, -0.15) is 0 Å². The number of hydrogen-bond acceptors (Lipinski definition) is 2. The summed E-state index contributed by atoms with van der Waals surface area (Å²) >= 11 is 6.19. The van der Waals surface area contributed by atoms with Gasteiger partial charge in [-0.25, -0.2) is 0 Å². The molecule has 3 heteroatoms. The summed E-state index contributed by atoms with van der Waals surface area (Å²) in [6, 6.07) is 7.17. The molecule has 98 valence electrons. The molecule has 0 bridgehead atoms. The van der Waals surface area contributed by atoms with E-state index in [1.807, 2.05) is 0 Å². The number of rotatable bonds is 2. The van der Waals surface area contributed by atoms with E-state index in [1.54, 1.807) is 0 Å². The first-order chi connectivity index (χ1) is 8.72. The average molecular weight is 265 g/mol. The Hall–Kier alpha value is -0.570. The molecule has 2 aliphatic rings. The molecule has 1 aromatic carbocycles. The average Bonchev–Trinajstić information content (AvgIpc) is 2.76. The van der Waals surface area contributed by atoms with Gasteiger partial charge in [0.15, 0.2) is 0 Å². The summed E-state index contributed by atoms with van der Waals surface area (Å²) in [5, 5.41) is 4.54. The highest BCUT2D eigenvalue weighted by atomic mass is 35.5. The molecule has 2 atom stereocenters. The van der Waals surface area contributed by atoms with Crippen LogP contribution < -0.4 is 5.32 Å². The minimum absolute atomic E-state index is 0.722. The van der Waals surface area contributed by atoms with Gasteiger partial charge in [0.05, 0.1) is 0 Å². The predicted molar refractivity (Wildman–Crippen MR) is 76.0 cm³/mol. The van der Waals surface area contributed by atoms with Gasteiger partial charge in [-0.05, 0) is 49.4 Å². The lowest BCUT2D eigenvalue weighted by atomic mass is 9.94. The molecule has 0 aliphatic carbocycles. The van der Waals surface area contributed by atoms with Crippen molar-refractivity contribution in [2.75, 3.05) is 19.6 Å². The maximum atomic E-state index is 6.19. The fourth-order valence-electron chi connectivity index (χ4n) is 3.26. The van der Waals surface area contributed by atoms with Gasteiger partial charge in [0.1, 0.15) is 0 Å². The maximum absolute atomic E-state index is 6.19. The van der Waals surface area contributed by atoms with Crippen LogP contribution in [0.3, 0.4) is 0 Å². The zero-order chi connectivity index (χ0) is 12.5. The minimum atomic E-state index is 0.722. The Kier molecular flexibility index (Phi) is 3.60. The minimum Gasteiger partial charge on any atom is -0.312 e. The summed E-state index contributed by atoms with van der Waals surface area (Å²) in [5.41, 5.74) is 2.50. The molecule has 2 unspecified atom stereocenters. The molecule has 2 heterocycles. The summed E-state index contributed by atoms with van der Waals surface area (Å²) in [4.78, 5) is 2.56. The van der Waals surface area contributed by atoms with Crippen molar-refractivity contribution in [3.05, 3.63) is 34.3 Å². The Morgan fingerprint density at radius 2 is 2.28 bits per heavy atom. The van der Waals surface area contributed by atoms with E-state index in [4.69, 9.17) is 11.6 Å². The molecule has 18 heavy (non-hydrogen) atoms. The smallest absolute Gasteiger partial charge is 0.0438 e. The monoisotopic (exact) mass is 264 g/mol. The van der Waals surface area contributed by atoms with Crippen molar-refractivity contribution in [3.8, 4) is 0 Å². The van der Waals surface area contributed by atoms with Crippen LogP contribution >= 0.6 is 11.6 Å². The molecule has 0 radical (unpaired) electrons. The fourth-order valence-corrected chi connectivity index (χ4v) is 3.46. The van der Waals surface area contributed by atoms with Crippen LogP contribution in [0.25, 0.3) is 0 Å². The molecule has 1 aromatic rings. The molecule has 0 amide bonds. The Labute approximate surface area is 114 Å². The van der Waals surface area contributed by atoms with E-state index in [2.05, 4.69) is 35.3 Å². The predicted octanol–water partition coefficient (Wildman–Crippen LogP) is 2.83. The SMILES string of the molecule is Cc1ccc(CN2CC3CCCNC3C2)cc1Cl. The molecular weight excluding hydrogens is 244 g/mol. The third-order valence-electron chi connectivity index (χ3n) is 4.32. The second kappa shape index (κ2) is 5.20. The Morgan fingerprint density at radius 1 is 1.39 bits per heavy atom. The molecule has 3 rings (SSSR count). The number of benzene rings is 1. The number of hydrogen-bond donors (Lipinski definition) is 1. The van der Waals surface area contributed by atoms with E-state index in [1.165, 1.54) is 38.0 Å². The second-order valence-electron chi connectivity index (χ2n) is 5.74. The molecule has 2 fully saturated rings. The van der Waals surface area contributed by atoms with Crippen molar-refractivity contribution >= 4 is 11.6 Å². The second-order valence-corrected chi connectivity index (χ2v) is 6.15. The van der Waals surface area contributed by atoms with Crippen molar-refractivity contribution in [1.82, 2.24) is 10.2 Å². The van der Waals surface area contributed by atoms with Crippen molar-refractivity contribution in [1.29, 1.82) is 0 Å². The van der Waals surface area contributed by atoms with Crippen molar-refractivity contribution < 1.29 is 0 Å². The molecule has 2 aliphatic heterocycles. The van der Waals surface area contributed by atoms with Crippen LogP contribution in [0.5, 0.6) is 0 Å². The van der Waals surface area contributed by atoms with E-state index in [-0.39, 0.29) is 0 Å². The first-order valence-corrected chi connectivity index (χ1v) is 7.31. The lowest BCUT2D eigenvalue weighted by Crippen LogP contribution is -2.40. The zero-order valence-corrected chi connectivity index (χ0v) is 11.7. The number of nitrogens with zero attached hydrogens (tertiary/aromatic N) is 1. The third kappa shape index (κ3) is 2.56. The number of halogens is 1. The van der Waals surface area contributed by atoms with E-state index in [0.29, 0.717) is 0 Å². The fraction of sp³-hybridized carbons (Fsp3) is 0.600. The van der Waals surface area contributed by atoms with Gasteiger partial charge in [0.25, 0.3) is 0 Å². The highest BCUT2D eigenvalue weighted by Crippen LogP contribution is 2.26. The van der Waals surface area contributed by atoms with E-state index in [0.717, 1.165) is 29.1 Å². The first kappa shape index (κ1) is 12.5. The summed E-state index contributed by atoms with van der Waals surface area (Å²) in [7, 11) is 0. The van der Waals surface area contributed by atoms with Gasteiger partial charge in [-0.3, -0.25) is 4.90 Å². The number of aryl methyl sites for hydroxylation is 1. The van der Waals surface area contributed by atoms with Gasteiger partial charge in [0, 0.05) is 30.7 Å². The van der Waals surface area contributed by atoms with Crippen LogP contribution in [0.1, 0.15) is 24.0 Å². The highest BCUT2D eigenvalue weighted by molar-refractivity contribution is 6.31. The largest absolute Gasteiger partial charge is 0.312 e. The zero-order valence-electron chi connectivity index (χ0n) is 11.0. The van der Waals surface area contributed by atoms with E-state index in [9.17, 15) is 0 Å². The van der Waals surface area contributed by atoms with E-state index >= 15 is 0 Å². The lowest BCUT2D eigenvalue weighted by molar-refractivity contribution is 0.312. The summed E-state index contributed by atoms with van der Waals surface area (Å²) < 4.78 is 0. The van der Waals surface area contributed by atoms with Crippen LogP contribution in [0.2, 0.25) is 5.02 Å². The van der Waals surface area contributed by atoms with Gasteiger partial charge >= 0.3 is 0 Å². The van der Waals surface area contributed by atoms with Gasteiger partial charge < -0.3 is 5.32 Å². The Bertz CT molecular complexity index is 419. The van der Waals surface area contributed by atoms with Gasteiger partial charge in [0.2, 0.25) is 0 Å². The summed E-state index contributed by atoms with van der Waals surface area (Å²) in [5.74, 6) is 0.861. The number of likely N-dealkylation sites (tertiary alicyclic amines) is 1. The van der Waals surface area contributed by atoms with Crippen molar-refractivity contribution in [2.45, 2.75) is 32.4 Å². The van der Waals surface area contributed by atoms with Gasteiger partial charge in [-0.15, -0.1) is 0 Å². The van der Waals surface area contributed by atoms with Crippen molar-refractivity contribution in [3.63, 3.8) is 0 Å².